The average Bonchev–Trinajstić information content (AvgIpc) is 3.01. The van der Waals surface area contributed by atoms with Crippen LogP contribution in [0.15, 0.2) is 65.6 Å². The number of rotatable bonds is 9. The van der Waals surface area contributed by atoms with Crippen LogP contribution in [0.25, 0.3) is 0 Å². The zero-order valence-electron chi connectivity index (χ0n) is 25.7. The Morgan fingerprint density at radius 1 is 0.652 bits per heavy atom. The minimum absolute atomic E-state index is 0.0229. The van der Waals surface area contributed by atoms with Gasteiger partial charge in [-0.3, -0.25) is 19.2 Å². The first-order valence-corrected chi connectivity index (χ1v) is 15.6. The minimum atomic E-state index is -1.36. The van der Waals surface area contributed by atoms with Crippen LogP contribution in [-0.4, -0.2) is 91.5 Å². The van der Waals surface area contributed by atoms with Gasteiger partial charge >= 0.3 is 23.9 Å². The molecule has 5 rings (SSSR count). The largest absolute Gasteiger partial charge is 0.456 e. The Labute approximate surface area is 270 Å². The molecule has 0 aliphatic carbocycles. The fourth-order valence-corrected chi connectivity index (χ4v) is 6.57. The molecule has 0 amide bonds. The quantitative estimate of drug-likeness (QED) is 0.286. The van der Waals surface area contributed by atoms with Gasteiger partial charge in [-0.05, 0) is 12.1 Å². The van der Waals surface area contributed by atoms with Crippen LogP contribution in [-0.2, 0) is 61.8 Å². The molecule has 14 heteroatoms. The number of benzene rings is 2. The second-order valence-corrected chi connectivity index (χ2v) is 12.0. The van der Waals surface area contributed by atoms with E-state index < -0.39 is 84.6 Å². The Balaban J connectivity index is 1.42. The molecular formula is C32H36O13S. The van der Waals surface area contributed by atoms with Gasteiger partial charge in [-0.15, -0.1) is 0 Å². The fourth-order valence-electron chi connectivity index (χ4n) is 5.50. The van der Waals surface area contributed by atoms with E-state index in [9.17, 15) is 19.2 Å². The number of hydrogen-bond donors (Lipinski definition) is 0. The lowest BCUT2D eigenvalue weighted by atomic mass is 9.96. The summed E-state index contributed by atoms with van der Waals surface area (Å²) >= 11 is 1.29. The summed E-state index contributed by atoms with van der Waals surface area (Å²) < 4.78 is 53.5. The summed E-state index contributed by atoms with van der Waals surface area (Å²) in [5.41, 5.74) is -0.0340. The first-order valence-electron chi connectivity index (χ1n) is 14.7. The summed E-state index contributed by atoms with van der Waals surface area (Å²) in [5, 5.41) is 0. The lowest BCUT2D eigenvalue weighted by Gasteiger charge is -2.49. The monoisotopic (exact) mass is 660 g/mol. The molecule has 3 saturated heterocycles. The lowest BCUT2D eigenvalue weighted by Crippen LogP contribution is -2.66. The Kier molecular flexibility index (Phi) is 11.3. The Bertz CT molecular complexity index is 1360. The summed E-state index contributed by atoms with van der Waals surface area (Å²) in [4.78, 5) is 50.0. The number of fused-ring (bicyclic) bond motifs is 1. The molecular weight excluding hydrogens is 624 g/mol. The van der Waals surface area contributed by atoms with E-state index in [4.69, 9.17) is 42.6 Å². The predicted molar refractivity (Wildman–Crippen MR) is 158 cm³/mol. The van der Waals surface area contributed by atoms with Gasteiger partial charge in [-0.1, -0.05) is 60.3 Å². The van der Waals surface area contributed by atoms with Crippen LogP contribution < -0.4 is 0 Å². The van der Waals surface area contributed by atoms with Crippen molar-refractivity contribution in [3.63, 3.8) is 0 Å². The Morgan fingerprint density at radius 3 is 1.85 bits per heavy atom. The van der Waals surface area contributed by atoms with E-state index in [1.165, 1.54) is 39.5 Å². The number of carbonyl (C=O) groups is 4. The molecule has 3 fully saturated rings. The zero-order valence-corrected chi connectivity index (χ0v) is 26.5. The third-order valence-electron chi connectivity index (χ3n) is 7.25. The van der Waals surface area contributed by atoms with E-state index in [-0.39, 0.29) is 13.2 Å². The first-order chi connectivity index (χ1) is 22.1. The van der Waals surface area contributed by atoms with Crippen LogP contribution in [0.4, 0.5) is 0 Å². The van der Waals surface area contributed by atoms with Gasteiger partial charge in [0.2, 0.25) is 0 Å². The van der Waals surface area contributed by atoms with E-state index in [1.54, 1.807) is 0 Å². The van der Waals surface area contributed by atoms with Crippen molar-refractivity contribution in [3.05, 3.63) is 66.2 Å². The van der Waals surface area contributed by atoms with Crippen LogP contribution in [0.3, 0.4) is 0 Å². The molecule has 0 radical (unpaired) electrons. The molecule has 0 bridgehead atoms. The summed E-state index contributed by atoms with van der Waals surface area (Å²) in [6.07, 6.45) is -9.67. The highest BCUT2D eigenvalue weighted by Gasteiger charge is 2.56. The minimum Gasteiger partial charge on any atom is -0.456 e. The van der Waals surface area contributed by atoms with Crippen molar-refractivity contribution < 1.29 is 61.8 Å². The van der Waals surface area contributed by atoms with Crippen molar-refractivity contribution in [1.82, 2.24) is 0 Å². The van der Waals surface area contributed by atoms with E-state index in [0.29, 0.717) is 0 Å². The first kappa shape index (κ1) is 33.8. The highest BCUT2D eigenvalue weighted by atomic mass is 32.2. The van der Waals surface area contributed by atoms with E-state index in [2.05, 4.69) is 0 Å². The molecule has 3 aliphatic rings. The highest BCUT2D eigenvalue weighted by molar-refractivity contribution is 7.99. The molecule has 0 unspecified atom stereocenters. The average molecular weight is 661 g/mol. The summed E-state index contributed by atoms with van der Waals surface area (Å²) in [6.45, 7) is 4.77. The van der Waals surface area contributed by atoms with Gasteiger partial charge in [-0.2, -0.15) is 0 Å². The van der Waals surface area contributed by atoms with Crippen molar-refractivity contribution in [2.24, 2.45) is 0 Å². The Morgan fingerprint density at radius 2 is 1.22 bits per heavy atom. The van der Waals surface area contributed by atoms with Crippen molar-refractivity contribution in [1.29, 1.82) is 0 Å². The normalized spacial score (nSPS) is 32.3. The molecule has 0 N–H and O–H groups in total. The van der Waals surface area contributed by atoms with Crippen molar-refractivity contribution in [2.75, 3.05) is 13.2 Å². The number of esters is 4. The van der Waals surface area contributed by atoms with Crippen molar-refractivity contribution in [2.45, 2.75) is 93.3 Å². The molecule has 3 aliphatic heterocycles. The van der Waals surface area contributed by atoms with Crippen LogP contribution >= 0.6 is 11.8 Å². The lowest BCUT2D eigenvalue weighted by molar-refractivity contribution is -0.374. The molecule has 0 aromatic heterocycles. The second kappa shape index (κ2) is 15.4. The van der Waals surface area contributed by atoms with Crippen LogP contribution in [0.1, 0.15) is 39.5 Å². The Hall–Kier alpha value is -3.53. The number of carbonyl (C=O) groups excluding carboxylic acids is 4. The van der Waals surface area contributed by atoms with E-state index in [0.717, 1.165) is 10.5 Å². The number of hydrogen-bond acceptors (Lipinski definition) is 14. The van der Waals surface area contributed by atoms with Gasteiger partial charge < -0.3 is 42.6 Å². The molecule has 46 heavy (non-hydrogen) atoms. The fraction of sp³-hybridized carbons (Fsp3) is 0.500. The SMILES string of the molecule is CC(=O)O[C@@H]1[C@H](OC(C)=O)[C@@H](O[C@@H]2CO[C@@H](Sc3ccccc3)[C@H](OC(C)=O)[C@H]2OC(C)=O)O[C@@H]2CO[C@@H](c3ccccc3)O[C@@H]12. The van der Waals surface area contributed by atoms with Gasteiger partial charge in [0.1, 0.15) is 23.7 Å². The van der Waals surface area contributed by atoms with Gasteiger partial charge in [0.15, 0.2) is 37.0 Å². The molecule has 10 atom stereocenters. The topological polar surface area (TPSA) is 151 Å². The van der Waals surface area contributed by atoms with Gasteiger partial charge in [0.25, 0.3) is 0 Å². The van der Waals surface area contributed by atoms with Gasteiger partial charge in [-0.25, -0.2) is 0 Å². The number of thioether (sulfide) groups is 1. The number of ether oxygens (including phenoxy) is 9. The third-order valence-corrected chi connectivity index (χ3v) is 8.43. The standard InChI is InChI=1S/C32H36O13S/c1-17(33)39-26-24(16-38-32(29(26)42-20(4)36)46-22-13-9-6-10-14-22)44-31-28(41-19(3)35)27(40-18(2)34)25-23(43-31)15-37-30(45-25)21-11-7-5-8-12-21/h5-14,23-32H,15-16H2,1-4H3/t23-,24-,25-,26+,27+,28+,29-,30-,31-,32+/m1/s1. The molecule has 2 aromatic carbocycles. The van der Waals surface area contributed by atoms with Crippen LogP contribution in [0, 0.1) is 0 Å². The second-order valence-electron chi connectivity index (χ2n) is 10.8. The summed E-state index contributed by atoms with van der Waals surface area (Å²) in [6, 6.07) is 18.5. The van der Waals surface area contributed by atoms with Gasteiger partial charge in [0, 0.05) is 38.2 Å². The third kappa shape index (κ3) is 8.43. The highest BCUT2D eigenvalue weighted by Crippen LogP contribution is 2.39. The summed E-state index contributed by atoms with van der Waals surface area (Å²) in [7, 11) is 0. The molecule has 13 nitrogen and oxygen atoms in total. The van der Waals surface area contributed by atoms with Crippen molar-refractivity contribution in [3.8, 4) is 0 Å². The molecule has 3 heterocycles. The summed E-state index contributed by atoms with van der Waals surface area (Å²) in [5.74, 6) is -2.62. The predicted octanol–water partition coefficient (Wildman–Crippen LogP) is 3.09. The van der Waals surface area contributed by atoms with Crippen LogP contribution in [0.5, 0.6) is 0 Å². The van der Waals surface area contributed by atoms with Crippen molar-refractivity contribution >= 4 is 35.6 Å². The van der Waals surface area contributed by atoms with E-state index in [1.807, 2.05) is 60.7 Å². The molecule has 248 valence electrons. The maximum atomic E-state index is 12.3. The molecule has 0 saturated carbocycles. The van der Waals surface area contributed by atoms with Crippen LogP contribution in [0.2, 0.25) is 0 Å². The smallest absolute Gasteiger partial charge is 0.303 e. The maximum absolute atomic E-state index is 12.3. The maximum Gasteiger partial charge on any atom is 0.303 e. The van der Waals surface area contributed by atoms with E-state index >= 15 is 0 Å². The van der Waals surface area contributed by atoms with Gasteiger partial charge in [0.05, 0.1) is 13.2 Å². The zero-order chi connectivity index (χ0) is 32.8. The molecule has 2 aromatic rings. The molecule has 0 spiro atoms.